The summed E-state index contributed by atoms with van der Waals surface area (Å²) in [7, 11) is 0. The van der Waals surface area contributed by atoms with E-state index in [-0.39, 0.29) is 5.91 Å². The van der Waals surface area contributed by atoms with Crippen molar-refractivity contribution in [3.05, 3.63) is 72.3 Å². The van der Waals surface area contributed by atoms with Gasteiger partial charge in [-0.2, -0.15) is 0 Å². The van der Waals surface area contributed by atoms with Gasteiger partial charge in [0.25, 0.3) is 5.91 Å². The molecule has 7 heteroatoms. The number of nitrogens with zero attached hydrogens (tertiary/aromatic N) is 5. The zero-order chi connectivity index (χ0) is 19.6. The van der Waals surface area contributed by atoms with E-state index in [0.29, 0.717) is 18.2 Å². The van der Waals surface area contributed by atoms with E-state index in [9.17, 15) is 4.79 Å². The lowest BCUT2D eigenvalue weighted by Crippen LogP contribution is -2.26. The monoisotopic (exact) mass is 386 g/mol. The van der Waals surface area contributed by atoms with Crippen molar-refractivity contribution >= 4 is 16.9 Å². The third-order valence-corrected chi connectivity index (χ3v) is 5.27. The summed E-state index contributed by atoms with van der Waals surface area (Å²) in [6, 6.07) is 17.9. The molecule has 1 saturated carbocycles. The molecule has 5 rings (SSSR count). The van der Waals surface area contributed by atoms with Gasteiger partial charge < -0.3 is 9.88 Å². The molecule has 0 radical (unpaired) electrons. The highest BCUT2D eigenvalue weighted by Crippen LogP contribution is 2.41. The number of para-hydroxylation sites is 3. The summed E-state index contributed by atoms with van der Waals surface area (Å²) in [6.45, 7) is 1.38. The van der Waals surface area contributed by atoms with Crippen molar-refractivity contribution in [3.63, 3.8) is 0 Å². The first-order valence-corrected chi connectivity index (χ1v) is 10.0. The average molecular weight is 386 g/mol. The minimum absolute atomic E-state index is 0.149. The van der Waals surface area contributed by atoms with Gasteiger partial charge in [-0.15, -0.1) is 5.10 Å². The van der Waals surface area contributed by atoms with Crippen LogP contribution in [-0.4, -0.2) is 37.0 Å². The molecule has 2 aromatic carbocycles. The fourth-order valence-electron chi connectivity index (χ4n) is 3.66. The Hall–Kier alpha value is -3.48. The van der Waals surface area contributed by atoms with E-state index >= 15 is 0 Å². The molecule has 0 spiro atoms. The lowest BCUT2D eigenvalue weighted by atomic mass is 10.2. The molecule has 1 amide bonds. The second kappa shape index (κ2) is 7.50. The van der Waals surface area contributed by atoms with Crippen molar-refractivity contribution in [1.82, 2.24) is 29.9 Å². The first kappa shape index (κ1) is 17.6. The molecule has 4 aromatic rings. The highest BCUT2D eigenvalue weighted by atomic mass is 16.2. The molecule has 0 atom stereocenters. The molecular weight excluding hydrogens is 364 g/mol. The quantitative estimate of drug-likeness (QED) is 0.494. The smallest absolute Gasteiger partial charge is 0.273 e. The van der Waals surface area contributed by atoms with E-state index in [1.165, 1.54) is 0 Å². The zero-order valence-electron chi connectivity index (χ0n) is 16.0. The number of fused-ring (bicyclic) bond motifs is 1. The SMILES string of the molecule is O=C(NCCCn1cnc2ccccc21)c1nnn(-c2ccccc2)c1C1CC1. The van der Waals surface area contributed by atoms with E-state index < -0.39 is 0 Å². The Bertz CT molecular complexity index is 1140. The minimum Gasteiger partial charge on any atom is -0.351 e. The fourth-order valence-corrected chi connectivity index (χ4v) is 3.66. The van der Waals surface area contributed by atoms with Gasteiger partial charge >= 0.3 is 0 Å². The van der Waals surface area contributed by atoms with Crippen molar-refractivity contribution < 1.29 is 4.79 Å². The van der Waals surface area contributed by atoms with Gasteiger partial charge in [-0.1, -0.05) is 35.5 Å². The second-order valence-corrected chi connectivity index (χ2v) is 7.38. The fraction of sp³-hybridized carbons (Fsp3) is 0.273. The van der Waals surface area contributed by atoms with Crippen LogP contribution in [0, 0.1) is 0 Å². The molecule has 1 aliphatic rings. The number of nitrogens with one attached hydrogen (secondary N) is 1. The van der Waals surface area contributed by atoms with Crippen LogP contribution in [0.5, 0.6) is 0 Å². The Balaban J connectivity index is 1.25. The van der Waals surface area contributed by atoms with Crippen molar-refractivity contribution in [2.24, 2.45) is 0 Å². The summed E-state index contributed by atoms with van der Waals surface area (Å²) >= 11 is 0. The van der Waals surface area contributed by atoms with Crippen LogP contribution >= 0.6 is 0 Å². The highest BCUT2D eigenvalue weighted by molar-refractivity contribution is 5.93. The van der Waals surface area contributed by atoms with Gasteiger partial charge in [-0.05, 0) is 43.5 Å². The van der Waals surface area contributed by atoms with Crippen LogP contribution in [-0.2, 0) is 6.54 Å². The number of carbonyl (C=O) groups is 1. The van der Waals surface area contributed by atoms with E-state index in [1.54, 1.807) is 0 Å². The van der Waals surface area contributed by atoms with Crippen molar-refractivity contribution in [2.45, 2.75) is 31.7 Å². The number of imidazole rings is 1. The summed E-state index contributed by atoms with van der Waals surface area (Å²) < 4.78 is 3.92. The molecule has 7 nitrogen and oxygen atoms in total. The summed E-state index contributed by atoms with van der Waals surface area (Å²) in [5, 5.41) is 11.5. The largest absolute Gasteiger partial charge is 0.351 e. The van der Waals surface area contributed by atoms with Crippen molar-refractivity contribution in [3.8, 4) is 5.69 Å². The first-order valence-electron chi connectivity index (χ1n) is 10.0. The predicted octanol–water partition coefficient (Wildman–Crippen LogP) is 3.31. The van der Waals surface area contributed by atoms with Gasteiger partial charge in [0.2, 0.25) is 0 Å². The van der Waals surface area contributed by atoms with Crippen LogP contribution in [0.3, 0.4) is 0 Å². The summed E-state index contributed by atoms with van der Waals surface area (Å²) in [5.74, 6) is 0.216. The Morgan fingerprint density at radius 1 is 1.07 bits per heavy atom. The van der Waals surface area contributed by atoms with Gasteiger partial charge in [-0.25, -0.2) is 9.67 Å². The number of hydrogen-bond acceptors (Lipinski definition) is 4. The van der Waals surface area contributed by atoms with E-state index in [0.717, 1.165) is 48.2 Å². The molecule has 2 aromatic heterocycles. The lowest BCUT2D eigenvalue weighted by molar-refractivity contribution is 0.0946. The van der Waals surface area contributed by atoms with Gasteiger partial charge in [0.1, 0.15) is 0 Å². The number of aromatic nitrogens is 5. The van der Waals surface area contributed by atoms with Crippen LogP contribution in [0.25, 0.3) is 16.7 Å². The Morgan fingerprint density at radius 3 is 2.69 bits per heavy atom. The van der Waals surface area contributed by atoms with Gasteiger partial charge in [0, 0.05) is 19.0 Å². The molecule has 2 heterocycles. The summed E-state index contributed by atoms with van der Waals surface area (Å²) in [6.07, 6.45) is 4.82. The number of hydrogen-bond donors (Lipinski definition) is 1. The normalized spacial score (nSPS) is 13.7. The molecule has 0 saturated heterocycles. The topological polar surface area (TPSA) is 77.6 Å². The standard InChI is InChI=1S/C22H22N6O/c29-22(23-13-6-14-27-15-24-18-9-4-5-10-19(18)27)20-21(16-11-12-16)28(26-25-20)17-7-2-1-3-8-17/h1-5,7-10,15-16H,6,11-14H2,(H,23,29). The van der Waals surface area contributed by atoms with Crippen LogP contribution in [0.2, 0.25) is 0 Å². The summed E-state index contributed by atoms with van der Waals surface area (Å²) in [4.78, 5) is 17.2. The number of amides is 1. The molecule has 0 unspecified atom stereocenters. The third-order valence-electron chi connectivity index (χ3n) is 5.27. The number of rotatable bonds is 7. The predicted molar refractivity (Wildman–Crippen MR) is 110 cm³/mol. The van der Waals surface area contributed by atoms with E-state index in [4.69, 9.17) is 0 Å². The van der Waals surface area contributed by atoms with Crippen LogP contribution in [0.15, 0.2) is 60.9 Å². The molecular formula is C22H22N6O. The number of carbonyl (C=O) groups excluding carboxylic acids is 1. The first-order chi connectivity index (χ1) is 14.3. The summed E-state index contributed by atoms with van der Waals surface area (Å²) in [5.41, 5.74) is 4.41. The van der Waals surface area contributed by atoms with Crippen LogP contribution in [0.1, 0.15) is 41.4 Å². The maximum Gasteiger partial charge on any atom is 0.273 e. The zero-order valence-corrected chi connectivity index (χ0v) is 16.0. The number of aryl methyl sites for hydroxylation is 1. The van der Waals surface area contributed by atoms with Gasteiger partial charge in [0.15, 0.2) is 5.69 Å². The maximum atomic E-state index is 12.8. The highest BCUT2D eigenvalue weighted by Gasteiger charge is 2.34. The van der Waals surface area contributed by atoms with E-state index in [2.05, 4.69) is 31.2 Å². The third kappa shape index (κ3) is 3.51. The van der Waals surface area contributed by atoms with E-state index in [1.807, 2.05) is 59.5 Å². The Morgan fingerprint density at radius 2 is 1.86 bits per heavy atom. The molecule has 0 aliphatic heterocycles. The average Bonchev–Trinajstić information content (AvgIpc) is 3.37. The Labute approximate surface area is 168 Å². The molecule has 29 heavy (non-hydrogen) atoms. The molecule has 146 valence electrons. The van der Waals surface area contributed by atoms with Gasteiger partial charge in [0.05, 0.1) is 28.7 Å². The maximum absolute atomic E-state index is 12.8. The molecule has 0 bridgehead atoms. The molecule has 1 N–H and O–H groups in total. The van der Waals surface area contributed by atoms with Crippen molar-refractivity contribution in [2.75, 3.05) is 6.54 Å². The Kier molecular flexibility index (Phi) is 4.56. The van der Waals surface area contributed by atoms with Crippen LogP contribution in [0.4, 0.5) is 0 Å². The number of benzene rings is 2. The van der Waals surface area contributed by atoms with Crippen LogP contribution < -0.4 is 5.32 Å². The van der Waals surface area contributed by atoms with Crippen molar-refractivity contribution in [1.29, 1.82) is 0 Å². The molecule has 1 aliphatic carbocycles. The van der Waals surface area contributed by atoms with Gasteiger partial charge in [-0.3, -0.25) is 4.79 Å². The molecule has 1 fully saturated rings. The second-order valence-electron chi connectivity index (χ2n) is 7.38. The lowest BCUT2D eigenvalue weighted by Gasteiger charge is -2.08. The minimum atomic E-state index is -0.149.